The number of hydrogen-bond donors (Lipinski definition) is 0. The van der Waals surface area contributed by atoms with Crippen molar-refractivity contribution in [2.45, 2.75) is 6.42 Å². The van der Waals surface area contributed by atoms with Gasteiger partial charge in [0.1, 0.15) is 23.2 Å². The highest BCUT2D eigenvalue weighted by Crippen LogP contribution is 2.55. The van der Waals surface area contributed by atoms with E-state index < -0.39 is 7.26 Å². The summed E-state index contributed by atoms with van der Waals surface area (Å²) in [5.74, 6) is 0. The van der Waals surface area contributed by atoms with Gasteiger partial charge in [-0.15, -0.1) is 0 Å². The molecule has 3 rings (SSSR count). The van der Waals surface area contributed by atoms with E-state index in [4.69, 9.17) is 14.2 Å². The van der Waals surface area contributed by atoms with Crippen molar-refractivity contribution in [1.29, 1.82) is 0 Å². The topological polar surface area (TPSA) is 27.7 Å². The first-order valence-corrected chi connectivity index (χ1v) is 12.5. The highest BCUT2D eigenvalue weighted by atomic mass is 127. The molecule has 0 radical (unpaired) electrons. The summed E-state index contributed by atoms with van der Waals surface area (Å²) in [4.78, 5) is 0. The SMILES string of the molecule is COCCOCCOCCC[P+](c1ccccc1)(c1ccccc1)c1ccccc1.[I-]. The van der Waals surface area contributed by atoms with Crippen LogP contribution in [0.5, 0.6) is 0 Å². The van der Waals surface area contributed by atoms with E-state index in [2.05, 4.69) is 91.0 Å². The molecule has 0 aliphatic heterocycles. The van der Waals surface area contributed by atoms with E-state index in [1.807, 2.05) is 0 Å². The van der Waals surface area contributed by atoms with Crippen LogP contribution in [0.15, 0.2) is 91.0 Å². The summed E-state index contributed by atoms with van der Waals surface area (Å²) in [5, 5.41) is 4.26. The standard InChI is InChI=1S/C26H32O3P.HI/c1-27-19-20-29-22-21-28-18-11-23-30(24-12-5-2-6-13-24,25-14-7-3-8-15-25)26-16-9-4-10-17-26;/h2-10,12-17H,11,18-23H2,1H3;1H/q+1;/p-1. The van der Waals surface area contributed by atoms with Crippen LogP contribution in [-0.2, 0) is 14.2 Å². The lowest BCUT2D eigenvalue weighted by molar-refractivity contribution is -0.00000696. The lowest BCUT2D eigenvalue weighted by Gasteiger charge is -2.27. The quantitative estimate of drug-likeness (QED) is 0.181. The van der Waals surface area contributed by atoms with Crippen molar-refractivity contribution in [2.75, 3.05) is 46.3 Å². The number of hydrogen-bond acceptors (Lipinski definition) is 3. The van der Waals surface area contributed by atoms with E-state index in [0.29, 0.717) is 26.4 Å². The minimum atomic E-state index is -1.75. The largest absolute Gasteiger partial charge is 1.00 e. The molecular formula is C26H32IO3P. The molecule has 3 aromatic carbocycles. The second-order valence-electron chi connectivity index (χ2n) is 7.11. The van der Waals surface area contributed by atoms with Crippen molar-refractivity contribution < 1.29 is 38.2 Å². The molecule has 0 aromatic heterocycles. The third-order valence-corrected chi connectivity index (χ3v) is 9.70. The van der Waals surface area contributed by atoms with E-state index >= 15 is 0 Å². The van der Waals surface area contributed by atoms with Gasteiger partial charge in [-0.05, 0) is 36.4 Å². The maximum atomic E-state index is 5.87. The fraction of sp³-hybridized carbons (Fsp3) is 0.308. The van der Waals surface area contributed by atoms with Gasteiger partial charge >= 0.3 is 0 Å². The molecule has 0 spiro atoms. The molecule has 3 nitrogen and oxygen atoms in total. The molecule has 0 aliphatic carbocycles. The van der Waals surface area contributed by atoms with Crippen LogP contribution in [0.4, 0.5) is 0 Å². The Bertz CT molecular complexity index is 734. The van der Waals surface area contributed by atoms with Gasteiger partial charge in [0, 0.05) is 13.5 Å². The number of rotatable bonds is 13. The highest BCUT2D eigenvalue weighted by Gasteiger charge is 2.44. The van der Waals surface area contributed by atoms with Crippen LogP contribution in [-0.4, -0.2) is 46.3 Å². The molecule has 0 fully saturated rings. The Hall–Kier alpha value is -1.30. The van der Waals surface area contributed by atoms with Crippen LogP contribution < -0.4 is 39.9 Å². The van der Waals surface area contributed by atoms with Gasteiger partial charge in [0.2, 0.25) is 0 Å². The molecule has 31 heavy (non-hydrogen) atoms. The molecule has 0 bridgehead atoms. The minimum absolute atomic E-state index is 0. The summed E-state index contributed by atoms with van der Waals surface area (Å²) in [7, 11) is -0.0694. The summed E-state index contributed by atoms with van der Waals surface area (Å²) in [6.07, 6.45) is 2.08. The van der Waals surface area contributed by atoms with Gasteiger partial charge in [-0.1, -0.05) is 54.6 Å². The van der Waals surface area contributed by atoms with E-state index in [9.17, 15) is 0 Å². The van der Waals surface area contributed by atoms with E-state index in [-0.39, 0.29) is 24.0 Å². The lowest BCUT2D eigenvalue weighted by atomic mass is 10.4. The first-order chi connectivity index (χ1) is 14.9. The molecule has 0 aliphatic rings. The molecule has 0 amide bonds. The zero-order valence-corrected chi connectivity index (χ0v) is 21.2. The van der Waals surface area contributed by atoms with E-state index in [1.54, 1.807) is 7.11 Å². The molecular weight excluding hydrogens is 518 g/mol. The van der Waals surface area contributed by atoms with Gasteiger partial charge in [0.15, 0.2) is 0 Å². The Morgan fingerprint density at radius 3 is 1.35 bits per heavy atom. The number of halogens is 1. The van der Waals surface area contributed by atoms with Gasteiger partial charge in [-0.2, -0.15) is 0 Å². The van der Waals surface area contributed by atoms with Gasteiger partial charge in [-0.3, -0.25) is 0 Å². The van der Waals surface area contributed by atoms with Crippen molar-refractivity contribution in [3.05, 3.63) is 91.0 Å². The smallest absolute Gasteiger partial charge is 0.112 e. The van der Waals surface area contributed by atoms with Gasteiger partial charge in [-0.25, -0.2) is 0 Å². The van der Waals surface area contributed by atoms with Crippen LogP contribution in [0.3, 0.4) is 0 Å². The average Bonchev–Trinajstić information content (AvgIpc) is 2.82. The minimum Gasteiger partial charge on any atom is -1.00 e. The molecule has 0 atom stereocenters. The summed E-state index contributed by atoms with van der Waals surface area (Å²) in [6, 6.07) is 33.0. The van der Waals surface area contributed by atoms with Crippen LogP contribution >= 0.6 is 7.26 Å². The predicted molar refractivity (Wildman–Crippen MR) is 128 cm³/mol. The third kappa shape index (κ3) is 7.37. The Morgan fingerprint density at radius 1 is 0.548 bits per heavy atom. The summed E-state index contributed by atoms with van der Waals surface area (Å²) in [5.41, 5.74) is 0. The molecule has 0 saturated heterocycles. The van der Waals surface area contributed by atoms with E-state index in [0.717, 1.165) is 19.2 Å². The van der Waals surface area contributed by atoms with Crippen molar-refractivity contribution >= 4 is 23.2 Å². The molecule has 5 heteroatoms. The zero-order chi connectivity index (χ0) is 20.9. The maximum Gasteiger partial charge on any atom is 0.112 e. The van der Waals surface area contributed by atoms with Gasteiger partial charge in [0.05, 0.1) is 39.2 Å². The Labute approximate surface area is 204 Å². The van der Waals surface area contributed by atoms with Crippen LogP contribution in [0.2, 0.25) is 0 Å². The summed E-state index contributed by atoms with van der Waals surface area (Å²) in [6.45, 7) is 3.21. The summed E-state index contributed by atoms with van der Waals surface area (Å²) >= 11 is 0. The van der Waals surface area contributed by atoms with Crippen LogP contribution in [0.1, 0.15) is 6.42 Å². The average molecular weight is 550 g/mol. The molecule has 0 heterocycles. The van der Waals surface area contributed by atoms with Gasteiger partial charge in [0.25, 0.3) is 0 Å². The van der Waals surface area contributed by atoms with Crippen molar-refractivity contribution in [3.8, 4) is 0 Å². The number of benzene rings is 3. The Morgan fingerprint density at radius 2 is 0.935 bits per heavy atom. The maximum absolute atomic E-state index is 5.87. The van der Waals surface area contributed by atoms with E-state index in [1.165, 1.54) is 15.9 Å². The lowest BCUT2D eigenvalue weighted by Crippen LogP contribution is -3.00. The second-order valence-corrected chi connectivity index (χ2v) is 10.7. The first kappa shape index (κ1) is 26.0. The fourth-order valence-corrected chi connectivity index (χ4v) is 8.07. The van der Waals surface area contributed by atoms with Gasteiger partial charge < -0.3 is 38.2 Å². The zero-order valence-electron chi connectivity index (χ0n) is 18.2. The molecule has 0 N–H and O–H groups in total. The normalized spacial score (nSPS) is 11.1. The second kappa shape index (κ2) is 14.7. The van der Waals surface area contributed by atoms with Crippen molar-refractivity contribution in [1.82, 2.24) is 0 Å². The monoisotopic (exact) mass is 550 g/mol. The molecule has 0 saturated carbocycles. The van der Waals surface area contributed by atoms with Crippen molar-refractivity contribution in [3.63, 3.8) is 0 Å². The Kier molecular flexibility index (Phi) is 12.3. The predicted octanol–water partition coefficient (Wildman–Crippen LogP) is 1.05. The van der Waals surface area contributed by atoms with Crippen LogP contribution in [0, 0.1) is 0 Å². The Balaban J connectivity index is 0.00000341. The van der Waals surface area contributed by atoms with Crippen LogP contribution in [0.25, 0.3) is 0 Å². The molecule has 0 unspecified atom stereocenters. The first-order valence-electron chi connectivity index (χ1n) is 10.6. The number of methoxy groups -OCH3 is 1. The molecule has 3 aromatic rings. The highest BCUT2D eigenvalue weighted by molar-refractivity contribution is 7.95. The third-order valence-electron chi connectivity index (χ3n) is 5.18. The number of ether oxygens (including phenoxy) is 3. The van der Waals surface area contributed by atoms with Crippen molar-refractivity contribution in [2.24, 2.45) is 0 Å². The summed E-state index contributed by atoms with van der Waals surface area (Å²) < 4.78 is 16.3. The fourth-order valence-electron chi connectivity index (χ4n) is 3.75. The molecule has 166 valence electrons.